The van der Waals surface area contributed by atoms with Crippen molar-refractivity contribution in [3.63, 3.8) is 0 Å². The molecule has 1 heterocycles. The monoisotopic (exact) mass is 278 g/mol. The normalized spacial score (nSPS) is 30.9. The van der Waals surface area contributed by atoms with Crippen LogP contribution in [0.4, 0.5) is 0 Å². The molecule has 0 spiro atoms. The lowest BCUT2D eigenvalue weighted by molar-refractivity contribution is 0.0738. The molecule has 1 fully saturated rings. The second kappa shape index (κ2) is 6.72. The summed E-state index contributed by atoms with van der Waals surface area (Å²) in [5.41, 5.74) is 0. The molecule has 4 unspecified atom stereocenters. The Morgan fingerprint density at radius 1 is 1.40 bits per heavy atom. The molecule has 1 aromatic rings. The highest BCUT2D eigenvalue weighted by atomic mass is 15.2. The van der Waals surface area contributed by atoms with Gasteiger partial charge in [-0.05, 0) is 38.3 Å². The van der Waals surface area contributed by atoms with E-state index in [1.54, 1.807) is 0 Å². The number of imidazole rings is 1. The topological polar surface area (TPSA) is 33.1 Å². The number of rotatable bonds is 5. The van der Waals surface area contributed by atoms with Crippen molar-refractivity contribution in [3.8, 4) is 0 Å². The Kier molecular flexibility index (Phi) is 5.22. The highest BCUT2D eigenvalue weighted by Crippen LogP contribution is 2.32. The van der Waals surface area contributed by atoms with Crippen molar-refractivity contribution in [1.82, 2.24) is 19.8 Å². The summed E-state index contributed by atoms with van der Waals surface area (Å²) in [5.74, 6) is 2.70. The van der Waals surface area contributed by atoms with Gasteiger partial charge in [0, 0.05) is 31.5 Å². The standard InChI is InChI=1S/C16H30N4/c1-6-17-14-10-12(2)9-13(3)16(14)20(5)11-15-18-7-8-19(15)4/h7-8,12-14,16-17H,6,9-11H2,1-5H3. The second-order valence-corrected chi connectivity index (χ2v) is 6.58. The van der Waals surface area contributed by atoms with Crippen LogP contribution in [0.25, 0.3) is 0 Å². The van der Waals surface area contributed by atoms with E-state index in [-0.39, 0.29) is 0 Å². The third-order valence-electron chi connectivity index (χ3n) is 4.71. The molecule has 114 valence electrons. The fraction of sp³-hybridized carbons (Fsp3) is 0.812. The summed E-state index contributed by atoms with van der Waals surface area (Å²) in [5, 5.41) is 3.70. The van der Waals surface area contributed by atoms with Crippen molar-refractivity contribution < 1.29 is 0 Å². The third-order valence-corrected chi connectivity index (χ3v) is 4.71. The summed E-state index contributed by atoms with van der Waals surface area (Å²) in [6.07, 6.45) is 6.53. The molecule has 1 aliphatic rings. The summed E-state index contributed by atoms with van der Waals surface area (Å²) >= 11 is 0. The van der Waals surface area contributed by atoms with E-state index in [4.69, 9.17) is 0 Å². The molecule has 0 bridgehead atoms. The molecule has 1 N–H and O–H groups in total. The molecule has 2 rings (SSSR count). The Bertz CT molecular complexity index is 414. The van der Waals surface area contributed by atoms with Gasteiger partial charge in [-0.25, -0.2) is 4.98 Å². The summed E-state index contributed by atoms with van der Waals surface area (Å²) in [4.78, 5) is 6.95. The van der Waals surface area contributed by atoms with E-state index < -0.39 is 0 Å². The maximum absolute atomic E-state index is 4.46. The van der Waals surface area contributed by atoms with Gasteiger partial charge in [-0.15, -0.1) is 0 Å². The van der Waals surface area contributed by atoms with Crippen LogP contribution in [0.15, 0.2) is 12.4 Å². The Balaban J connectivity index is 2.08. The van der Waals surface area contributed by atoms with E-state index in [1.165, 1.54) is 12.8 Å². The summed E-state index contributed by atoms with van der Waals surface area (Å²) in [6.45, 7) is 8.97. The van der Waals surface area contributed by atoms with Gasteiger partial charge in [0.15, 0.2) is 0 Å². The van der Waals surface area contributed by atoms with Crippen LogP contribution in [0.2, 0.25) is 0 Å². The molecule has 20 heavy (non-hydrogen) atoms. The molecular weight excluding hydrogens is 248 g/mol. The van der Waals surface area contributed by atoms with E-state index in [2.05, 4.69) is 54.6 Å². The first-order chi connectivity index (χ1) is 9.52. The fourth-order valence-corrected chi connectivity index (χ4v) is 3.93. The first-order valence-corrected chi connectivity index (χ1v) is 7.92. The first-order valence-electron chi connectivity index (χ1n) is 7.92. The highest BCUT2D eigenvalue weighted by Gasteiger charge is 2.36. The van der Waals surface area contributed by atoms with Gasteiger partial charge in [0.2, 0.25) is 0 Å². The predicted molar refractivity (Wildman–Crippen MR) is 83.5 cm³/mol. The predicted octanol–water partition coefficient (Wildman–Crippen LogP) is 2.26. The summed E-state index contributed by atoms with van der Waals surface area (Å²) in [6, 6.07) is 1.20. The van der Waals surface area contributed by atoms with Crippen LogP contribution >= 0.6 is 0 Å². The average Bonchev–Trinajstić information content (AvgIpc) is 2.74. The molecule has 0 amide bonds. The van der Waals surface area contributed by atoms with Gasteiger partial charge in [-0.2, -0.15) is 0 Å². The Morgan fingerprint density at radius 3 is 2.75 bits per heavy atom. The number of hydrogen-bond donors (Lipinski definition) is 1. The molecule has 4 nitrogen and oxygen atoms in total. The smallest absolute Gasteiger partial charge is 0.122 e. The molecule has 1 aliphatic carbocycles. The SMILES string of the molecule is CCNC1CC(C)CC(C)C1N(C)Cc1nccn1C. The highest BCUT2D eigenvalue weighted by molar-refractivity contribution is 4.97. The molecule has 4 heteroatoms. The van der Waals surface area contributed by atoms with Crippen molar-refractivity contribution >= 4 is 0 Å². The molecule has 0 aromatic carbocycles. The number of aryl methyl sites for hydroxylation is 1. The Labute approximate surface area is 123 Å². The molecule has 1 aromatic heterocycles. The molecule has 0 saturated heterocycles. The number of nitrogens with zero attached hydrogens (tertiary/aromatic N) is 3. The van der Waals surface area contributed by atoms with Crippen molar-refractivity contribution in [2.75, 3.05) is 13.6 Å². The molecule has 0 aliphatic heterocycles. The molecule has 4 atom stereocenters. The number of likely N-dealkylation sites (N-methyl/N-ethyl adjacent to an activating group) is 2. The van der Waals surface area contributed by atoms with Crippen LogP contribution in [0.1, 0.15) is 39.4 Å². The maximum Gasteiger partial charge on any atom is 0.122 e. The molecular formula is C16H30N4. The zero-order valence-corrected chi connectivity index (χ0v) is 13.6. The number of aromatic nitrogens is 2. The van der Waals surface area contributed by atoms with E-state index in [0.717, 1.165) is 30.7 Å². The van der Waals surface area contributed by atoms with Crippen LogP contribution in [-0.2, 0) is 13.6 Å². The van der Waals surface area contributed by atoms with E-state index in [0.29, 0.717) is 12.1 Å². The first kappa shape index (κ1) is 15.5. The van der Waals surface area contributed by atoms with E-state index in [1.807, 2.05) is 12.4 Å². The van der Waals surface area contributed by atoms with Gasteiger partial charge in [-0.1, -0.05) is 20.8 Å². The Hall–Kier alpha value is -0.870. The van der Waals surface area contributed by atoms with Crippen LogP contribution in [0, 0.1) is 11.8 Å². The number of nitrogens with one attached hydrogen (secondary N) is 1. The fourth-order valence-electron chi connectivity index (χ4n) is 3.93. The van der Waals surface area contributed by atoms with Crippen molar-refractivity contribution in [1.29, 1.82) is 0 Å². The van der Waals surface area contributed by atoms with Crippen LogP contribution in [0.5, 0.6) is 0 Å². The van der Waals surface area contributed by atoms with Gasteiger partial charge in [0.25, 0.3) is 0 Å². The summed E-state index contributed by atoms with van der Waals surface area (Å²) in [7, 11) is 4.32. The van der Waals surface area contributed by atoms with Crippen molar-refractivity contribution in [2.45, 2.75) is 52.2 Å². The van der Waals surface area contributed by atoms with Crippen LogP contribution in [0.3, 0.4) is 0 Å². The quantitative estimate of drug-likeness (QED) is 0.897. The van der Waals surface area contributed by atoms with Crippen molar-refractivity contribution in [3.05, 3.63) is 18.2 Å². The van der Waals surface area contributed by atoms with Gasteiger partial charge >= 0.3 is 0 Å². The maximum atomic E-state index is 4.46. The lowest BCUT2D eigenvalue weighted by Gasteiger charge is -2.44. The van der Waals surface area contributed by atoms with E-state index in [9.17, 15) is 0 Å². The minimum atomic E-state index is 0.600. The second-order valence-electron chi connectivity index (χ2n) is 6.58. The summed E-state index contributed by atoms with van der Waals surface area (Å²) < 4.78 is 2.12. The number of hydrogen-bond acceptors (Lipinski definition) is 3. The zero-order valence-electron chi connectivity index (χ0n) is 13.6. The van der Waals surface area contributed by atoms with Crippen LogP contribution in [-0.4, -0.2) is 40.1 Å². The minimum absolute atomic E-state index is 0.600. The van der Waals surface area contributed by atoms with Gasteiger partial charge in [-0.3, -0.25) is 4.90 Å². The molecule has 1 saturated carbocycles. The zero-order chi connectivity index (χ0) is 14.7. The van der Waals surface area contributed by atoms with Gasteiger partial charge in [0.05, 0.1) is 6.54 Å². The van der Waals surface area contributed by atoms with Crippen LogP contribution < -0.4 is 5.32 Å². The average molecular weight is 278 g/mol. The van der Waals surface area contributed by atoms with Crippen molar-refractivity contribution in [2.24, 2.45) is 18.9 Å². The van der Waals surface area contributed by atoms with Gasteiger partial charge < -0.3 is 9.88 Å². The lowest BCUT2D eigenvalue weighted by atomic mass is 9.76. The third kappa shape index (κ3) is 3.41. The minimum Gasteiger partial charge on any atom is -0.337 e. The molecule has 0 radical (unpaired) electrons. The van der Waals surface area contributed by atoms with Gasteiger partial charge in [0.1, 0.15) is 5.82 Å². The Morgan fingerprint density at radius 2 is 2.15 bits per heavy atom. The largest absolute Gasteiger partial charge is 0.337 e. The lowest BCUT2D eigenvalue weighted by Crippen LogP contribution is -2.55. The van der Waals surface area contributed by atoms with E-state index >= 15 is 0 Å².